The minimum Gasteiger partial charge on any atom is -0.373 e. The van der Waals surface area contributed by atoms with Crippen LogP contribution in [-0.2, 0) is 6.42 Å². The molecule has 2 nitrogen and oxygen atoms in total. The number of aliphatic imine (C=N–C) groups is 1. The van der Waals surface area contributed by atoms with Crippen LogP contribution in [0.15, 0.2) is 47.1 Å². The molecule has 0 amide bonds. The van der Waals surface area contributed by atoms with Crippen LogP contribution in [0, 0.1) is 5.92 Å². The lowest BCUT2D eigenvalue weighted by atomic mass is 9.90. The van der Waals surface area contributed by atoms with E-state index < -0.39 is 0 Å². The Hall–Kier alpha value is -1.57. The van der Waals surface area contributed by atoms with Gasteiger partial charge < -0.3 is 4.90 Å². The van der Waals surface area contributed by atoms with E-state index in [9.17, 15) is 0 Å². The number of hydrogen-bond donors (Lipinski definition) is 0. The number of allylic oxidation sites excluding steroid dienone is 1. The smallest absolute Gasteiger partial charge is 0.0788 e. The second-order valence-electron chi connectivity index (χ2n) is 5.27. The van der Waals surface area contributed by atoms with Crippen LogP contribution >= 0.6 is 0 Å². The third-order valence-corrected chi connectivity index (χ3v) is 4.01. The summed E-state index contributed by atoms with van der Waals surface area (Å²) in [7, 11) is 0. The van der Waals surface area contributed by atoms with Gasteiger partial charge in [0.05, 0.1) is 6.54 Å². The fourth-order valence-electron chi connectivity index (χ4n) is 2.91. The number of nitrogens with zero attached hydrogens (tertiary/aromatic N) is 2. The number of piperidine rings is 1. The van der Waals surface area contributed by atoms with Gasteiger partial charge >= 0.3 is 0 Å². The van der Waals surface area contributed by atoms with Gasteiger partial charge in [0.2, 0.25) is 0 Å². The zero-order valence-electron chi connectivity index (χ0n) is 10.8. The molecule has 3 rings (SSSR count). The van der Waals surface area contributed by atoms with E-state index in [-0.39, 0.29) is 0 Å². The monoisotopic (exact) mass is 240 g/mol. The molecule has 1 aromatic rings. The van der Waals surface area contributed by atoms with Gasteiger partial charge in [-0.2, -0.15) is 0 Å². The largest absolute Gasteiger partial charge is 0.373 e. The molecule has 94 valence electrons. The highest BCUT2D eigenvalue weighted by atomic mass is 15.2. The molecule has 1 fully saturated rings. The normalized spacial score (nSPS) is 20.2. The van der Waals surface area contributed by atoms with Crippen molar-refractivity contribution in [1.29, 1.82) is 0 Å². The fourth-order valence-corrected chi connectivity index (χ4v) is 2.91. The Bertz CT molecular complexity index is 439. The average molecular weight is 240 g/mol. The van der Waals surface area contributed by atoms with Gasteiger partial charge in [-0.05, 0) is 36.8 Å². The summed E-state index contributed by atoms with van der Waals surface area (Å²) in [5, 5.41) is 0. The Kier molecular flexibility index (Phi) is 3.44. The molecule has 2 heteroatoms. The topological polar surface area (TPSA) is 15.6 Å². The predicted octanol–water partition coefficient (Wildman–Crippen LogP) is 2.91. The van der Waals surface area contributed by atoms with E-state index in [1.807, 2.05) is 6.21 Å². The first-order valence-corrected chi connectivity index (χ1v) is 6.90. The van der Waals surface area contributed by atoms with E-state index in [0.717, 1.165) is 12.5 Å². The summed E-state index contributed by atoms with van der Waals surface area (Å²) >= 11 is 0. The minimum absolute atomic E-state index is 0.853. The predicted molar refractivity (Wildman–Crippen MR) is 75.9 cm³/mol. The van der Waals surface area contributed by atoms with Crippen LogP contribution in [0.25, 0.3) is 0 Å². The first-order valence-electron chi connectivity index (χ1n) is 6.90. The highest BCUT2D eigenvalue weighted by Crippen LogP contribution is 2.24. The maximum Gasteiger partial charge on any atom is 0.0788 e. The summed E-state index contributed by atoms with van der Waals surface area (Å²) in [5.41, 5.74) is 2.90. The molecule has 1 saturated heterocycles. The molecule has 0 saturated carbocycles. The summed E-state index contributed by atoms with van der Waals surface area (Å²) in [6, 6.07) is 10.9. The summed E-state index contributed by atoms with van der Waals surface area (Å²) in [4.78, 5) is 6.78. The van der Waals surface area contributed by atoms with E-state index in [1.54, 1.807) is 0 Å². The van der Waals surface area contributed by atoms with Crippen molar-refractivity contribution in [1.82, 2.24) is 4.90 Å². The molecule has 0 radical (unpaired) electrons. The van der Waals surface area contributed by atoms with E-state index in [4.69, 9.17) is 0 Å². The van der Waals surface area contributed by atoms with E-state index >= 15 is 0 Å². The van der Waals surface area contributed by atoms with Gasteiger partial charge in [-0.1, -0.05) is 30.3 Å². The van der Waals surface area contributed by atoms with Gasteiger partial charge in [0, 0.05) is 25.0 Å². The second-order valence-corrected chi connectivity index (χ2v) is 5.27. The molecular formula is C16H20N2. The van der Waals surface area contributed by atoms with Crippen LogP contribution in [0.2, 0.25) is 0 Å². The van der Waals surface area contributed by atoms with Crippen LogP contribution in [0.4, 0.5) is 0 Å². The first kappa shape index (κ1) is 11.5. The van der Waals surface area contributed by atoms with Crippen LogP contribution in [0.5, 0.6) is 0 Å². The van der Waals surface area contributed by atoms with Gasteiger partial charge in [-0.3, -0.25) is 4.99 Å². The van der Waals surface area contributed by atoms with E-state index in [2.05, 4.69) is 46.3 Å². The van der Waals surface area contributed by atoms with Crippen molar-refractivity contribution in [2.75, 3.05) is 19.6 Å². The van der Waals surface area contributed by atoms with Gasteiger partial charge in [-0.25, -0.2) is 0 Å². The van der Waals surface area contributed by atoms with E-state index in [1.165, 1.54) is 43.6 Å². The number of benzene rings is 1. The molecule has 1 aromatic carbocycles. The second kappa shape index (κ2) is 5.38. The van der Waals surface area contributed by atoms with Gasteiger partial charge in [0.25, 0.3) is 0 Å². The highest BCUT2D eigenvalue weighted by molar-refractivity contribution is 5.74. The van der Waals surface area contributed by atoms with Crippen molar-refractivity contribution < 1.29 is 0 Å². The molecule has 0 atom stereocenters. The Morgan fingerprint density at radius 3 is 2.56 bits per heavy atom. The standard InChI is InChI=1S/C16H20N2/c1-2-4-14(5-3-1)12-15-7-10-18(11-8-15)16-6-9-17-13-16/h1-6,9,15H,7-8,10-13H2. The lowest BCUT2D eigenvalue weighted by Crippen LogP contribution is -2.34. The molecular weight excluding hydrogens is 220 g/mol. The van der Waals surface area contributed by atoms with Crippen molar-refractivity contribution in [3.63, 3.8) is 0 Å². The Balaban J connectivity index is 1.51. The van der Waals surface area contributed by atoms with Crippen molar-refractivity contribution >= 4 is 6.21 Å². The molecule has 2 aliphatic rings. The quantitative estimate of drug-likeness (QED) is 0.793. The van der Waals surface area contributed by atoms with Gasteiger partial charge in [0.1, 0.15) is 0 Å². The third kappa shape index (κ3) is 2.63. The van der Waals surface area contributed by atoms with Crippen molar-refractivity contribution in [3.8, 4) is 0 Å². The molecule has 18 heavy (non-hydrogen) atoms. The van der Waals surface area contributed by atoms with Gasteiger partial charge in [-0.15, -0.1) is 0 Å². The minimum atomic E-state index is 0.853. The van der Waals surface area contributed by atoms with Crippen LogP contribution < -0.4 is 0 Å². The zero-order valence-corrected chi connectivity index (χ0v) is 10.8. The van der Waals surface area contributed by atoms with Crippen molar-refractivity contribution in [3.05, 3.63) is 47.7 Å². The summed E-state index contributed by atoms with van der Waals surface area (Å²) in [6.07, 6.45) is 7.96. The maximum absolute atomic E-state index is 4.27. The molecule has 0 bridgehead atoms. The van der Waals surface area contributed by atoms with E-state index in [0.29, 0.717) is 0 Å². The first-order chi connectivity index (χ1) is 8.92. The average Bonchev–Trinajstić information content (AvgIpc) is 2.95. The van der Waals surface area contributed by atoms with Crippen LogP contribution in [0.1, 0.15) is 18.4 Å². The van der Waals surface area contributed by atoms with Crippen LogP contribution in [-0.4, -0.2) is 30.7 Å². The summed E-state index contributed by atoms with van der Waals surface area (Å²) < 4.78 is 0. The number of hydrogen-bond acceptors (Lipinski definition) is 2. The fraction of sp³-hybridized carbons (Fsp3) is 0.438. The summed E-state index contributed by atoms with van der Waals surface area (Å²) in [5.74, 6) is 0.853. The highest BCUT2D eigenvalue weighted by Gasteiger charge is 2.21. The number of likely N-dealkylation sites (tertiary alicyclic amines) is 1. The maximum atomic E-state index is 4.27. The summed E-state index contributed by atoms with van der Waals surface area (Å²) in [6.45, 7) is 3.29. The Morgan fingerprint density at radius 1 is 1.11 bits per heavy atom. The Labute approximate surface area is 109 Å². The SMILES string of the molecule is C1=NCC(N2CCC(Cc3ccccc3)CC2)=C1. The number of rotatable bonds is 3. The lowest BCUT2D eigenvalue weighted by molar-refractivity contribution is 0.225. The van der Waals surface area contributed by atoms with Crippen molar-refractivity contribution in [2.45, 2.75) is 19.3 Å². The molecule has 0 aliphatic carbocycles. The zero-order chi connectivity index (χ0) is 12.2. The molecule has 0 spiro atoms. The van der Waals surface area contributed by atoms with Gasteiger partial charge in [0.15, 0.2) is 0 Å². The third-order valence-electron chi connectivity index (χ3n) is 4.01. The lowest BCUT2D eigenvalue weighted by Gasteiger charge is -2.34. The Morgan fingerprint density at radius 2 is 1.89 bits per heavy atom. The molecule has 2 aliphatic heterocycles. The van der Waals surface area contributed by atoms with Crippen molar-refractivity contribution in [2.24, 2.45) is 10.9 Å². The molecule has 0 aromatic heterocycles. The molecule has 0 unspecified atom stereocenters. The van der Waals surface area contributed by atoms with Crippen LogP contribution in [0.3, 0.4) is 0 Å². The molecule has 2 heterocycles. The molecule has 0 N–H and O–H groups in total.